The predicted octanol–water partition coefficient (Wildman–Crippen LogP) is 1.95. The predicted molar refractivity (Wildman–Crippen MR) is 72.7 cm³/mol. The fourth-order valence-corrected chi connectivity index (χ4v) is 1.91. The lowest BCUT2D eigenvalue weighted by Gasteiger charge is -2.31. The number of amides is 1. The van der Waals surface area contributed by atoms with Gasteiger partial charge in [-0.2, -0.15) is 0 Å². The number of benzene rings is 1. The highest BCUT2D eigenvalue weighted by atomic mass is 16.3. The number of rotatable bonds is 5. The number of nitrogens with two attached hydrogens (primary N) is 1. The zero-order valence-corrected chi connectivity index (χ0v) is 11.3. The Labute approximate surface area is 108 Å². The lowest BCUT2D eigenvalue weighted by atomic mass is 9.92. The molecule has 0 heterocycles. The highest BCUT2D eigenvalue weighted by molar-refractivity contribution is 5.97. The number of phenols is 1. The first-order valence-electron chi connectivity index (χ1n) is 6.30. The maximum atomic E-state index is 12.2. The molecule has 100 valence electrons. The molecule has 1 aromatic rings. The van der Waals surface area contributed by atoms with E-state index in [1.54, 1.807) is 12.1 Å². The van der Waals surface area contributed by atoms with Crippen molar-refractivity contribution in [3.63, 3.8) is 0 Å². The molecule has 0 unspecified atom stereocenters. The summed E-state index contributed by atoms with van der Waals surface area (Å²) in [4.78, 5) is 12.2. The molecule has 4 heteroatoms. The van der Waals surface area contributed by atoms with Crippen LogP contribution in [0.3, 0.4) is 0 Å². The van der Waals surface area contributed by atoms with Gasteiger partial charge < -0.3 is 16.2 Å². The zero-order valence-electron chi connectivity index (χ0n) is 11.3. The molecular weight excluding hydrogens is 228 g/mol. The molecule has 0 saturated heterocycles. The summed E-state index contributed by atoms with van der Waals surface area (Å²) in [5.41, 5.74) is 6.59. The minimum atomic E-state index is -0.396. The van der Waals surface area contributed by atoms with Gasteiger partial charge in [-0.05, 0) is 31.9 Å². The molecule has 0 fully saturated rings. The second kappa shape index (κ2) is 5.87. The molecule has 1 aromatic carbocycles. The minimum Gasteiger partial charge on any atom is -0.507 e. The molecule has 0 aliphatic carbocycles. The van der Waals surface area contributed by atoms with Crippen molar-refractivity contribution in [3.05, 3.63) is 29.3 Å². The summed E-state index contributed by atoms with van der Waals surface area (Å²) in [5, 5.41) is 12.7. The van der Waals surface area contributed by atoms with Gasteiger partial charge in [0.05, 0.1) is 11.1 Å². The Hall–Kier alpha value is -1.55. The van der Waals surface area contributed by atoms with Crippen LogP contribution in [0.1, 0.15) is 42.6 Å². The number of carbonyl (C=O) groups is 1. The van der Waals surface area contributed by atoms with Crippen LogP contribution in [0.15, 0.2) is 18.2 Å². The number of hydrogen-bond donors (Lipinski definition) is 3. The normalized spacial score (nSPS) is 11.3. The van der Waals surface area contributed by atoms with E-state index in [9.17, 15) is 9.90 Å². The lowest BCUT2D eigenvalue weighted by Crippen LogP contribution is -2.52. The zero-order chi connectivity index (χ0) is 13.8. The average Bonchev–Trinajstić information content (AvgIpc) is 2.38. The summed E-state index contributed by atoms with van der Waals surface area (Å²) in [5.74, 6) is -0.276. The first-order valence-corrected chi connectivity index (χ1v) is 6.30. The molecule has 0 aliphatic rings. The van der Waals surface area contributed by atoms with E-state index in [0.29, 0.717) is 12.1 Å². The van der Waals surface area contributed by atoms with E-state index in [1.807, 2.05) is 20.8 Å². The summed E-state index contributed by atoms with van der Waals surface area (Å²) in [6.07, 6.45) is 1.52. The summed E-state index contributed by atoms with van der Waals surface area (Å²) >= 11 is 0. The number of aryl methyl sites for hydroxylation is 1. The van der Waals surface area contributed by atoms with Crippen molar-refractivity contribution in [1.29, 1.82) is 0 Å². The highest BCUT2D eigenvalue weighted by Crippen LogP contribution is 2.20. The van der Waals surface area contributed by atoms with Crippen molar-refractivity contribution in [1.82, 2.24) is 5.32 Å². The Bertz CT molecular complexity index is 418. The second-order valence-electron chi connectivity index (χ2n) is 4.67. The third-order valence-corrected chi connectivity index (χ3v) is 3.52. The standard InChI is InChI=1S/C14H22N2O2/c1-4-14(5-2,9-15)16-13(18)11-8-10(3)6-7-12(11)17/h6-8,17H,4-5,9,15H2,1-3H3,(H,16,18). The molecule has 4 nitrogen and oxygen atoms in total. The van der Waals surface area contributed by atoms with E-state index in [0.717, 1.165) is 18.4 Å². The van der Waals surface area contributed by atoms with E-state index in [2.05, 4.69) is 5.32 Å². The molecule has 4 N–H and O–H groups in total. The third-order valence-electron chi connectivity index (χ3n) is 3.52. The Kier molecular flexibility index (Phi) is 4.73. The first kappa shape index (κ1) is 14.5. The van der Waals surface area contributed by atoms with Gasteiger partial charge in [0.15, 0.2) is 0 Å². The molecule has 1 amide bonds. The van der Waals surface area contributed by atoms with Crippen LogP contribution in [0.25, 0.3) is 0 Å². The molecule has 0 saturated carbocycles. The molecular formula is C14H22N2O2. The summed E-state index contributed by atoms with van der Waals surface area (Å²) < 4.78 is 0. The van der Waals surface area contributed by atoms with Crippen LogP contribution < -0.4 is 11.1 Å². The van der Waals surface area contributed by atoms with Gasteiger partial charge in [-0.15, -0.1) is 0 Å². The Morgan fingerprint density at radius 2 is 2.00 bits per heavy atom. The topological polar surface area (TPSA) is 75.3 Å². The van der Waals surface area contributed by atoms with Gasteiger partial charge in [0.25, 0.3) is 5.91 Å². The van der Waals surface area contributed by atoms with E-state index in [1.165, 1.54) is 6.07 Å². The van der Waals surface area contributed by atoms with Crippen molar-refractivity contribution in [2.75, 3.05) is 6.54 Å². The molecule has 0 spiro atoms. The third kappa shape index (κ3) is 3.01. The quantitative estimate of drug-likeness (QED) is 0.747. The van der Waals surface area contributed by atoms with Crippen molar-refractivity contribution < 1.29 is 9.90 Å². The molecule has 18 heavy (non-hydrogen) atoms. The van der Waals surface area contributed by atoms with Gasteiger partial charge in [-0.1, -0.05) is 25.5 Å². The summed E-state index contributed by atoms with van der Waals surface area (Å²) in [6.45, 7) is 6.25. The van der Waals surface area contributed by atoms with Crippen LogP contribution >= 0.6 is 0 Å². The molecule has 1 rings (SSSR count). The Balaban J connectivity index is 2.97. The van der Waals surface area contributed by atoms with Crippen LogP contribution in [-0.4, -0.2) is 23.1 Å². The van der Waals surface area contributed by atoms with E-state index >= 15 is 0 Å². The van der Waals surface area contributed by atoms with Crippen LogP contribution in [0.5, 0.6) is 5.75 Å². The van der Waals surface area contributed by atoms with Crippen LogP contribution in [0, 0.1) is 6.92 Å². The second-order valence-corrected chi connectivity index (χ2v) is 4.67. The van der Waals surface area contributed by atoms with E-state index < -0.39 is 5.54 Å². The number of phenolic OH excluding ortho intramolecular Hbond substituents is 1. The van der Waals surface area contributed by atoms with Crippen LogP contribution in [-0.2, 0) is 0 Å². The van der Waals surface area contributed by atoms with Gasteiger partial charge >= 0.3 is 0 Å². The van der Waals surface area contributed by atoms with Gasteiger partial charge in [0.2, 0.25) is 0 Å². The Morgan fingerprint density at radius 3 is 2.50 bits per heavy atom. The molecule has 0 radical (unpaired) electrons. The van der Waals surface area contributed by atoms with Crippen molar-refractivity contribution >= 4 is 5.91 Å². The highest BCUT2D eigenvalue weighted by Gasteiger charge is 2.27. The van der Waals surface area contributed by atoms with Gasteiger partial charge in [0, 0.05) is 6.54 Å². The van der Waals surface area contributed by atoms with Crippen LogP contribution in [0.2, 0.25) is 0 Å². The maximum absolute atomic E-state index is 12.2. The van der Waals surface area contributed by atoms with Gasteiger partial charge in [-0.25, -0.2) is 0 Å². The molecule has 0 aromatic heterocycles. The smallest absolute Gasteiger partial charge is 0.255 e. The van der Waals surface area contributed by atoms with E-state index in [-0.39, 0.29) is 11.7 Å². The SMILES string of the molecule is CCC(CC)(CN)NC(=O)c1cc(C)ccc1O. The van der Waals surface area contributed by atoms with Crippen molar-refractivity contribution in [2.24, 2.45) is 5.73 Å². The number of aromatic hydroxyl groups is 1. The van der Waals surface area contributed by atoms with Crippen LogP contribution in [0.4, 0.5) is 0 Å². The molecule has 0 atom stereocenters. The fraction of sp³-hybridized carbons (Fsp3) is 0.500. The minimum absolute atomic E-state index is 0.00349. The fourth-order valence-electron chi connectivity index (χ4n) is 1.91. The number of nitrogens with one attached hydrogen (secondary N) is 1. The van der Waals surface area contributed by atoms with Gasteiger partial charge in [0.1, 0.15) is 5.75 Å². The molecule has 0 bridgehead atoms. The number of carbonyl (C=O) groups excluding carboxylic acids is 1. The van der Waals surface area contributed by atoms with Gasteiger partial charge in [-0.3, -0.25) is 4.79 Å². The molecule has 0 aliphatic heterocycles. The van der Waals surface area contributed by atoms with E-state index in [4.69, 9.17) is 5.73 Å². The number of hydrogen-bond acceptors (Lipinski definition) is 3. The first-order chi connectivity index (χ1) is 8.48. The lowest BCUT2D eigenvalue weighted by molar-refractivity contribution is 0.0892. The summed E-state index contributed by atoms with van der Waals surface area (Å²) in [7, 11) is 0. The largest absolute Gasteiger partial charge is 0.507 e. The Morgan fingerprint density at radius 1 is 1.39 bits per heavy atom. The van der Waals surface area contributed by atoms with Crippen molar-refractivity contribution in [3.8, 4) is 5.75 Å². The maximum Gasteiger partial charge on any atom is 0.255 e. The monoisotopic (exact) mass is 250 g/mol. The summed E-state index contributed by atoms with van der Waals surface area (Å²) in [6, 6.07) is 4.98. The van der Waals surface area contributed by atoms with Crippen molar-refractivity contribution in [2.45, 2.75) is 39.2 Å². The average molecular weight is 250 g/mol.